The van der Waals surface area contributed by atoms with Gasteiger partial charge in [-0.2, -0.15) is 0 Å². The first-order chi connectivity index (χ1) is 8.56. The predicted octanol–water partition coefficient (Wildman–Crippen LogP) is 1.74. The Kier molecular flexibility index (Phi) is 5.05. The van der Waals surface area contributed by atoms with E-state index in [1.54, 1.807) is 0 Å². The summed E-state index contributed by atoms with van der Waals surface area (Å²) in [6, 6.07) is 1.47. The van der Waals surface area contributed by atoms with E-state index < -0.39 is 0 Å². The van der Waals surface area contributed by atoms with E-state index in [-0.39, 0.29) is 0 Å². The quantitative estimate of drug-likeness (QED) is 0.739. The highest BCUT2D eigenvalue weighted by Gasteiger charge is 2.28. The van der Waals surface area contributed by atoms with E-state index in [0.29, 0.717) is 0 Å². The van der Waals surface area contributed by atoms with Crippen molar-refractivity contribution in [3.63, 3.8) is 0 Å². The van der Waals surface area contributed by atoms with Gasteiger partial charge in [-0.25, -0.2) is 0 Å². The molecule has 2 heterocycles. The van der Waals surface area contributed by atoms with Crippen molar-refractivity contribution in [3.8, 4) is 0 Å². The molecule has 2 aliphatic heterocycles. The summed E-state index contributed by atoms with van der Waals surface area (Å²) in [4.78, 5) is 7.85. The molecular formula is C15H31N3. The first-order valence-corrected chi connectivity index (χ1v) is 7.76. The molecule has 0 N–H and O–H groups in total. The summed E-state index contributed by atoms with van der Waals surface area (Å²) in [6.45, 7) is 18.3. The number of rotatable bonds is 5. The van der Waals surface area contributed by atoms with Crippen molar-refractivity contribution in [3.05, 3.63) is 0 Å². The lowest BCUT2D eigenvalue weighted by Crippen LogP contribution is -2.52. The van der Waals surface area contributed by atoms with Crippen molar-refractivity contribution in [2.45, 2.75) is 46.2 Å². The van der Waals surface area contributed by atoms with Crippen molar-refractivity contribution in [2.24, 2.45) is 5.92 Å². The number of hydrogen-bond acceptors (Lipinski definition) is 3. The van der Waals surface area contributed by atoms with Gasteiger partial charge in [0.05, 0.1) is 0 Å². The molecule has 0 aromatic rings. The Morgan fingerprint density at radius 3 is 1.89 bits per heavy atom. The molecule has 0 radical (unpaired) electrons. The van der Waals surface area contributed by atoms with Crippen molar-refractivity contribution < 1.29 is 0 Å². The Labute approximate surface area is 113 Å². The first kappa shape index (κ1) is 14.3. The van der Waals surface area contributed by atoms with Gasteiger partial charge in [0.1, 0.15) is 0 Å². The van der Waals surface area contributed by atoms with E-state index >= 15 is 0 Å². The van der Waals surface area contributed by atoms with Gasteiger partial charge in [-0.1, -0.05) is 0 Å². The van der Waals surface area contributed by atoms with Crippen LogP contribution in [-0.2, 0) is 0 Å². The van der Waals surface area contributed by atoms with Crippen LogP contribution in [0.4, 0.5) is 0 Å². The van der Waals surface area contributed by atoms with E-state index in [1.807, 2.05) is 0 Å². The van der Waals surface area contributed by atoms with Crippen LogP contribution in [0.3, 0.4) is 0 Å². The molecule has 0 amide bonds. The monoisotopic (exact) mass is 253 g/mol. The Morgan fingerprint density at radius 1 is 0.833 bits per heavy atom. The highest BCUT2D eigenvalue weighted by Crippen LogP contribution is 2.21. The summed E-state index contributed by atoms with van der Waals surface area (Å²) >= 11 is 0. The van der Waals surface area contributed by atoms with Crippen LogP contribution in [0.5, 0.6) is 0 Å². The third kappa shape index (κ3) is 3.69. The number of likely N-dealkylation sites (tertiary alicyclic amines) is 1. The van der Waals surface area contributed by atoms with Crippen molar-refractivity contribution in [1.82, 2.24) is 14.7 Å². The lowest BCUT2D eigenvalue weighted by atomic mass is 9.94. The van der Waals surface area contributed by atoms with Crippen LogP contribution in [0.2, 0.25) is 0 Å². The zero-order valence-corrected chi connectivity index (χ0v) is 12.7. The van der Waals surface area contributed by atoms with Crippen LogP contribution in [0.15, 0.2) is 0 Å². The van der Waals surface area contributed by atoms with Gasteiger partial charge in [-0.3, -0.25) is 4.90 Å². The zero-order chi connectivity index (χ0) is 13.1. The van der Waals surface area contributed by atoms with E-state index in [0.717, 1.165) is 18.0 Å². The molecular weight excluding hydrogens is 222 g/mol. The lowest BCUT2D eigenvalue weighted by Gasteiger charge is -2.43. The summed E-state index contributed by atoms with van der Waals surface area (Å²) in [5, 5.41) is 0. The molecule has 2 aliphatic rings. The Hall–Kier alpha value is -0.120. The highest BCUT2D eigenvalue weighted by molar-refractivity contribution is 4.83. The SMILES string of the molecule is CC(C)N1CCN(CCC2CN(C(C)C)C2)CC1. The van der Waals surface area contributed by atoms with Crippen molar-refractivity contribution >= 4 is 0 Å². The lowest BCUT2D eigenvalue weighted by molar-refractivity contribution is 0.0467. The fourth-order valence-electron chi connectivity index (χ4n) is 3.08. The van der Waals surface area contributed by atoms with Crippen LogP contribution in [0, 0.1) is 5.92 Å². The second-order valence-corrected chi connectivity index (χ2v) is 6.67. The fraction of sp³-hybridized carbons (Fsp3) is 1.00. The molecule has 0 saturated carbocycles. The average molecular weight is 253 g/mol. The van der Waals surface area contributed by atoms with Crippen LogP contribution in [-0.4, -0.2) is 72.6 Å². The average Bonchev–Trinajstić information content (AvgIpc) is 2.27. The smallest absolute Gasteiger partial charge is 0.0113 e. The van der Waals surface area contributed by atoms with Crippen LogP contribution in [0.25, 0.3) is 0 Å². The van der Waals surface area contributed by atoms with Gasteiger partial charge in [0.2, 0.25) is 0 Å². The molecule has 3 heteroatoms. The summed E-state index contributed by atoms with van der Waals surface area (Å²) < 4.78 is 0. The summed E-state index contributed by atoms with van der Waals surface area (Å²) in [5.41, 5.74) is 0. The second-order valence-electron chi connectivity index (χ2n) is 6.67. The van der Waals surface area contributed by atoms with E-state index in [2.05, 4.69) is 42.4 Å². The summed E-state index contributed by atoms with van der Waals surface area (Å²) in [5.74, 6) is 0.968. The van der Waals surface area contributed by atoms with E-state index in [1.165, 1.54) is 52.2 Å². The minimum atomic E-state index is 0.721. The molecule has 106 valence electrons. The van der Waals surface area contributed by atoms with Gasteiger partial charge in [-0.15, -0.1) is 0 Å². The molecule has 18 heavy (non-hydrogen) atoms. The maximum atomic E-state index is 2.66. The van der Waals surface area contributed by atoms with E-state index in [9.17, 15) is 0 Å². The molecule has 0 aromatic heterocycles. The molecule has 3 nitrogen and oxygen atoms in total. The normalized spacial score (nSPS) is 25.0. The second kappa shape index (κ2) is 6.36. The zero-order valence-electron chi connectivity index (χ0n) is 12.7. The number of piperazine rings is 1. The predicted molar refractivity (Wildman–Crippen MR) is 78.0 cm³/mol. The van der Waals surface area contributed by atoms with Crippen molar-refractivity contribution in [1.29, 1.82) is 0 Å². The maximum Gasteiger partial charge on any atom is 0.0113 e. The van der Waals surface area contributed by atoms with Crippen LogP contribution < -0.4 is 0 Å². The van der Waals surface area contributed by atoms with Gasteiger partial charge in [0.25, 0.3) is 0 Å². The standard InChI is InChI=1S/C15H31N3/c1-13(2)17-9-7-16(8-10-17)6-5-15-11-18(12-15)14(3)4/h13-15H,5-12H2,1-4H3. The topological polar surface area (TPSA) is 9.72 Å². The van der Waals surface area contributed by atoms with Gasteiger partial charge in [0, 0.05) is 51.4 Å². The first-order valence-electron chi connectivity index (χ1n) is 7.76. The molecule has 0 aromatic carbocycles. The molecule has 0 aliphatic carbocycles. The Bertz CT molecular complexity index is 238. The third-order valence-electron chi connectivity index (χ3n) is 4.71. The summed E-state index contributed by atoms with van der Waals surface area (Å²) in [6.07, 6.45) is 1.41. The molecule has 0 atom stereocenters. The highest BCUT2D eigenvalue weighted by atomic mass is 15.3. The van der Waals surface area contributed by atoms with Crippen LogP contribution in [0.1, 0.15) is 34.1 Å². The molecule has 0 bridgehead atoms. The number of hydrogen-bond donors (Lipinski definition) is 0. The minimum Gasteiger partial charge on any atom is -0.301 e. The molecule has 0 spiro atoms. The molecule has 2 rings (SSSR count). The summed E-state index contributed by atoms with van der Waals surface area (Å²) in [7, 11) is 0. The molecule has 2 fully saturated rings. The number of nitrogens with zero attached hydrogens (tertiary/aromatic N) is 3. The maximum absolute atomic E-state index is 2.66. The third-order valence-corrected chi connectivity index (χ3v) is 4.71. The van der Waals surface area contributed by atoms with Gasteiger partial charge >= 0.3 is 0 Å². The van der Waals surface area contributed by atoms with E-state index in [4.69, 9.17) is 0 Å². The fourth-order valence-corrected chi connectivity index (χ4v) is 3.08. The Morgan fingerprint density at radius 2 is 1.39 bits per heavy atom. The van der Waals surface area contributed by atoms with Gasteiger partial charge in [0.15, 0.2) is 0 Å². The largest absolute Gasteiger partial charge is 0.301 e. The van der Waals surface area contributed by atoms with Gasteiger partial charge in [-0.05, 0) is 46.6 Å². The molecule has 2 saturated heterocycles. The van der Waals surface area contributed by atoms with Gasteiger partial charge < -0.3 is 9.80 Å². The Balaban J connectivity index is 1.57. The molecule has 0 unspecified atom stereocenters. The minimum absolute atomic E-state index is 0.721. The van der Waals surface area contributed by atoms with Crippen LogP contribution >= 0.6 is 0 Å². The van der Waals surface area contributed by atoms with Crippen molar-refractivity contribution in [2.75, 3.05) is 45.8 Å².